The number of aromatic nitrogens is 1. The van der Waals surface area contributed by atoms with Gasteiger partial charge in [-0.15, -0.1) is 0 Å². The minimum atomic E-state index is -1.30. The lowest BCUT2D eigenvalue weighted by Crippen LogP contribution is -2.56. The van der Waals surface area contributed by atoms with E-state index in [2.05, 4.69) is 15.6 Å². The third kappa shape index (κ3) is 4.58. The number of fused-ring (bicyclic) bond motifs is 1. The average molecular weight is 362 g/mol. The number of carboxylic acid groups (broad SMARTS) is 1. The fourth-order valence-electron chi connectivity index (χ4n) is 2.62. The van der Waals surface area contributed by atoms with Gasteiger partial charge in [0.2, 0.25) is 11.8 Å². The van der Waals surface area contributed by atoms with Gasteiger partial charge < -0.3 is 31.6 Å². The van der Waals surface area contributed by atoms with E-state index in [-0.39, 0.29) is 13.0 Å². The molecule has 1 aromatic heterocycles. The lowest BCUT2D eigenvalue weighted by Gasteiger charge is -2.23. The number of hydrogen-bond acceptors (Lipinski definition) is 5. The molecule has 0 aliphatic heterocycles. The average Bonchev–Trinajstić information content (AvgIpc) is 3.01. The second-order valence-electron chi connectivity index (χ2n) is 5.95. The SMILES string of the molecule is C[C@@H](O)[C@H](NC(=O)CN)C(=O)N[C@@H](Cc1c[nH]c2ccccc12)C(=O)O. The summed E-state index contributed by atoms with van der Waals surface area (Å²) in [4.78, 5) is 38.4. The summed E-state index contributed by atoms with van der Waals surface area (Å²) in [6.45, 7) is 0.963. The topological polar surface area (TPSA) is 158 Å². The lowest BCUT2D eigenvalue weighted by molar-refractivity contribution is -0.142. The van der Waals surface area contributed by atoms with E-state index in [1.165, 1.54) is 6.92 Å². The summed E-state index contributed by atoms with van der Waals surface area (Å²) in [6.07, 6.45) is 0.519. The van der Waals surface area contributed by atoms with Crippen molar-refractivity contribution in [3.05, 3.63) is 36.0 Å². The molecule has 3 atom stereocenters. The second kappa shape index (κ2) is 8.45. The summed E-state index contributed by atoms with van der Waals surface area (Å²) in [5, 5.41) is 24.6. The van der Waals surface area contributed by atoms with Crippen molar-refractivity contribution < 1.29 is 24.6 Å². The van der Waals surface area contributed by atoms with E-state index in [0.717, 1.165) is 16.5 Å². The molecule has 0 spiro atoms. The highest BCUT2D eigenvalue weighted by Gasteiger charge is 2.29. The van der Waals surface area contributed by atoms with E-state index in [1.807, 2.05) is 24.3 Å². The highest BCUT2D eigenvalue weighted by atomic mass is 16.4. The molecule has 0 saturated carbocycles. The first kappa shape index (κ1) is 19.4. The van der Waals surface area contributed by atoms with Gasteiger partial charge in [0, 0.05) is 23.5 Å². The molecule has 0 radical (unpaired) electrons. The molecule has 2 amide bonds. The highest BCUT2D eigenvalue weighted by molar-refractivity contribution is 5.91. The Morgan fingerprint density at radius 3 is 2.54 bits per heavy atom. The van der Waals surface area contributed by atoms with Crippen LogP contribution in [0.5, 0.6) is 0 Å². The first-order valence-electron chi connectivity index (χ1n) is 8.09. The number of aliphatic hydroxyl groups excluding tert-OH is 1. The van der Waals surface area contributed by atoms with Crippen molar-refractivity contribution in [1.82, 2.24) is 15.6 Å². The van der Waals surface area contributed by atoms with Crippen LogP contribution < -0.4 is 16.4 Å². The Morgan fingerprint density at radius 1 is 1.23 bits per heavy atom. The molecule has 2 rings (SSSR count). The number of nitrogens with two attached hydrogens (primary N) is 1. The van der Waals surface area contributed by atoms with E-state index >= 15 is 0 Å². The number of carbonyl (C=O) groups is 3. The van der Waals surface area contributed by atoms with Gasteiger partial charge in [-0.25, -0.2) is 4.79 Å². The molecule has 1 heterocycles. The summed E-state index contributed by atoms with van der Waals surface area (Å²) in [6, 6.07) is 4.88. The third-order valence-electron chi connectivity index (χ3n) is 3.98. The van der Waals surface area contributed by atoms with E-state index < -0.39 is 36.0 Å². The standard InChI is InChI=1S/C17H22N4O5/c1-9(22)15(21-14(23)7-18)16(24)20-13(17(25)26)6-10-8-19-12-5-3-2-4-11(10)12/h2-5,8-9,13,15,19,22H,6-7,18H2,1H3,(H,20,24)(H,21,23)(H,25,26)/t9-,13+,15+/m1/s1. The lowest BCUT2D eigenvalue weighted by atomic mass is 10.0. The molecule has 0 saturated heterocycles. The number of carbonyl (C=O) groups excluding carboxylic acids is 2. The van der Waals surface area contributed by atoms with Crippen LogP contribution in [0.15, 0.2) is 30.5 Å². The highest BCUT2D eigenvalue weighted by Crippen LogP contribution is 2.19. The van der Waals surface area contributed by atoms with E-state index in [4.69, 9.17) is 5.73 Å². The predicted octanol–water partition coefficient (Wildman–Crippen LogP) is -0.896. The van der Waals surface area contributed by atoms with Gasteiger partial charge in [0.1, 0.15) is 12.1 Å². The number of para-hydroxylation sites is 1. The minimum absolute atomic E-state index is 0.0441. The Kier molecular flexibility index (Phi) is 6.31. The number of H-pyrrole nitrogens is 1. The maximum Gasteiger partial charge on any atom is 0.326 e. The smallest absolute Gasteiger partial charge is 0.326 e. The number of aliphatic hydroxyl groups is 1. The summed E-state index contributed by atoms with van der Waals surface area (Å²) in [5.74, 6) is -2.65. The van der Waals surface area contributed by atoms with Crippen molar-refractivity contribution in [2.45, 2.75) is 31.5 Å². The number of carboxylic acids is 1. The van der Waals surface area contributed by atoms with Crippen LogP contribution in [0.2, 0.25) is 0 Å². The van der Waals surface area contributed by atoms with Crippen molar-refractivity contribution >= 4 is 28.7 Å². The normalized spacial score (nSPS) is 14.4. The van der Waals surface area contributed by atoms with Crippen molar-refractivity contribution in [3.8, 4) is 0 Å². The summed E-state index contributed by atoms with van der Waals surface area (Å²) < 4.78 is 0. The Morgan fingerprint density at radius 2 is 1.92 bits per heavy atom. The molecule has 0 aliphatic carbocycles. The Balaban J connectivity index is 2.15. The zero-order chi connectivity index (χ0) is 19.3. The van der Waals surface area contributed by atoms with E-state index in [0.29, 0.717) is 0 Å². The van der Waals surface area contributed by atoms with Gasteiger partial charge in [0.15, 0.2) is 0 Å². The summed E-state index contributed by atoms with van der Waals surface area (Å²) >= 11 is 0. The molecule has 0 bridgehead atoms. The molecule has 0 fully saturated rings. The zero-order valence-electron chi connectivity index (χ0n) is 14.2. The molecule has 140 valence electrons. The summed E-state index contributed by atoms with van der Waals surface area (Å²) in [5.41, 5.74) is 6.78. The van der Waals surface area contributed by atoms with Crippen LogP contribution in [0, 0.1) is 0 Å². The van der Waals surface area contributed by atoms with Gasteiger partial charge in [-0.05, 0) is 18.6 Å². The maximum absolute atomic E-state index is 12.3. The zero-order valence-corrected chi connectivity index (χ0v) is 14.2. The van der Waals surface area contributed by atoms with Crippen LogP contribution >= 0.6 is 0 Å². The number of benzene rings is 1. The number of nitrogens with one attached hydrogen (secondary N) is 3. The van der Waals surface area contributed by atoms with Gasteiger partial charge in [-0.1, -0.05) is 18.2 Å². The van der Waals surface area contributed by atoms with Gasteiger partial charge in [0.25, 0.3) is 0 Å². The molecular weight excluding hydrogens is 340 g/mol. The fraction of sp³-hybridized carbons (Fsp3) is 0.353. The molecule has 2 aromatic rings. The molecule has 0 aliphatic rings. The van der Waals surface area contributed by atoms with Crippen molar-refractivity contribution in [3.63, 3.8) is 0 Å². The largest absolute Gasteiger partial charge is 0.480 e. The summed E-state index contributed by atoms with van der Waals surface area (Å²) in [7, 11) is 0. The van der Waals surface area contributed by atoms with Crippen molar-refractivity contribution in [2.24, 2.45) is 5.73 Å². The van der Waals surface area contributed by atoms with Crippen molar-refractivity contribution in [2.75, 3.05) is 6.54 Å². The van der Waals surface area contributed by atoms with Crippen LogP contribution in [0.1, 0.15) is 12.5 Å². The molecule has 9 heteroatoms. The van der Waals surface area contributed by atoms with Crippen LogP contribution in [-0.4, -0.2) is 57.7 Å². The third-order valence-corrected chi connectivity index (χ3v) is 3.98. The monoisotopic (exact) mass is 362 g/mol. The van der Waals surface area contributed by atoms with Gasteiger partial charge in [0.05, 0.1) is 12.6 Å². The van der Waals surface area contributed by atoms with Crippen LogP contribution in [-0.2, 0) is 20.8 Å². The molecule has 1 aromatic carbocycles. The van der Waals surface area contributed by atoms with Crippen LogP contribution in [0.3, 0.4) is 0 Å². The maximum atomic E-state index is 12.3. The molecule has 7 N–H and O–H groups in total. The number of aliphatic carboxylic acids is 1. The van der Waals surface area contributed by atoms with Crippen molar-refractivity contribution in [1.29, 1.82) is 0 Å². The molecule has 26 heavy (non-hydrogen) atoms. The number of hydrogen-bond donors (Lipinski definition) is 6. The molecule has 0 unspecified atom stereocenters. The number of amides is 2. The minimum Gasteiger partial charge on any atom is -0.480 e. The Bertz CT molecular complexity index is 801. The van der Waals surface area contributed by atoms with Gasteiger partial charge in [-0.2, -0.15) is 0 Å². The number of rotatable bonds is 8. The van der Waals surface area contributed by atoms with E-state index in [9.17, 15) is 24.6 Å². The first-order chi connectivity index (χ1) is 12.3. The fourth-order valence-corrected chi connectivity index (χ4v) is 2.62. The molecular formula is C17H22N4O5. The Hall–Kier alpha value is -2.91. The van der Waals surface area contributed by atoms with Gasteiger partial charge >= 0.3 is 5.97 Å². The quantitative estimate of drug-likeness (QED) is 0.357. The number of aromatic amines is 1. The molecule has 9 nitrogen and oxygen atoms in total. The van der Waals surface area contributed by atoms with Crippen LogP contribution in [0.25, 0.3) is 10.9 Å². The first-order valence-corrected chi connectivity index (χ1v) is 8.09. The predicted molar refractivity (Wildman–Crippen MR) is 94.2 cm³/mol. The van der Waals surface area contributed by atoms with Crippen LogP contribution in [0.4, 0.5) is 0 Å². The second-order valence-corrected chi connectivity index (χ2v) is 5.95. The Labute approximate surface area is 149 Å². The van der Waals surface area contributed by atoms with Gasteiger partial charge in [-0.3, -0.25) is 9.59 Å². The van der Waals surface area contributed by atoms with E-state index in [1.54, 1.807) is 6.20 Å².